The van der Waals surface area contributed by atoms with Gasteiger partial charge in [-0.15, -0.1) is 11.3 Å². The molecule has 2 N–H and O–H groups in total. The van der Waals surface area contributed by atoms with Crippen molar-refractivity contribution < 1.29 is 0 Å². The molecule has 0 unspecified atom stereocenters. The van der Waals surface area contributed by atoms with Crippen molar-refractivity contribution in [3.05, 3.63) is 41.5 Å². The van der Waals surface area contributed by atoms with E-state index in [-0.39, 0.29) is 0 Å². The molecular weight excluding hydrogens is 264 g/mol. The zero-order chi connectivity index (χ0) is 12.4. The van der Waals surface area contributed by atoms with E-state index in [2.05, 4.69) is 15.0 Å². The molecule has 0 aliphatic rings. The quantitative estimate of drug-likeness (QED) is 0.587. The van der Waals surface area contributed by atoms with Crippen LogP contribution in [0.1, 0.15) is 5.56 Å². The molecule has 0 amide bonds. The fourth-order valence-electron chi connectivity index (χ4n) is 1.55. The average Bonchev–Trinajstić information content (AvgIpc) is 2.86. The number of nitrogens with two attached hydrogens (primary N) is 1. The van der Waals surface area contributed by atoms with Crippen LogP contribution in [0.4, 0.5) is 5.82 Å². The fourth-order valence-corrected chi connectivity index (χ4v) is 3.17. The molecule has 18 heavy (non-hydrogen) atoms. The monoisotopic (exact) mass is 274 g/mol. The molecule has 0 atom stereocenters. The number of hydrogen-bond donors (Lipinski definition) is 1. The minimum absolute atomic E-state index is 0.551. The van der Waals surface area contributed by atoms with E-state index < -0.39 is 0 Å². The molecule has 0 aliphatic heterocycles. The Balaban J connectivity index is 1.82. The maximum absolute atomic E-state index is 5.90. The van der Waals surface area contributed by atoms with Gasteiger partial charge in [-0.3, -0.25) is 4.98 Å². The fraction of sp³-hybridized carbons (Fsp3) is 0.0833. The molecule has 3 aromatic heterocycles. The van der Waals surface area contributed by atoms with Gasteiger partial charge in [-0.05, 0) is 23.1 Å². The molecule has 0 aliphatic carbocycles. The standard InChI is InChI=1S/C12H10N4S2/c13-10-9-3-5-17-11(9)16-12(15-10)18-7-8-2-1-4-14-6-8/h1-6H,7H2,(H2,13,15,16). The van der Waals surface area contributed by atoms with Crippen LogP contribution >= 0.6 is 23.1 Å². The molecule has 4 nitrogen and oxygen atoms in total. The minimum atomic E-state index is 0.551. The maximum Gasteiger partial charge on any atom is 0.191 e. The van der Waals surface area contributed by atoms with Crippen molar-refractivity contribution in [1.82, 2.24) is 15.0 Å². The molecule has 90 valence electrons. The second kappa shape index (κ2) is 4.91. The molecule has 0 fully saturated rings. The Morgan fingerprint density at radius 2 is 2.22 bits per heavy atom. The first-order chi connectivity index (χ1) is 8.83. The van der Waals surface area contributed by atoms with Gasteiger partial charge >= 0.3 is 0 Å². The zero-order valence-electron chi connectivity index (χ0n) is 9.41. The second-order valence-electron chi connectivity index (χ2n) is 3.68. The summed E-state index contributed by atoms with van der Waals surface area (Å²) in [6, 6.07) is 5.91. The first-order valence-corrected chi connectivity index (χ1v) is 7.22. The van der Waals surface area contributed by atoms with Crippen molar-refractivity contribution in [3.8, 4) is 0 Å². The Labute approximate surface area is 112 Å². The van der Waals surface area contributed by atoms with Gasteiger partial charge in [0.1, 0.15) is 10.6 Å². The highest BCUT2D eigenvalue weighted by Gasteiger charge is 2.06. The van der Waals surface area contributed by atoms with Crippen LogP contribution in [-0.2, 0) is 5.75 Å². The molecule has 0 spiro atoms. The predicted molar refractivity (Wildman–Crippen MR) is 75.6 cm³/mol. The molecule has 3 rings (SSSR count). The van der Waals surface area contributed by atoms with E-state index in [1.807, 2.05) is 29.8 Å². The summed E-state index contributed by atoms with van der Waals surface area (Å²) in [5.41, 5.74) is 7.05. The Morgan fingerprint density at radius 1 is 1.28 bits per heavy atom. The summed E-state index contributed by atoms with van der Waals surface area (Å²) in [5, 5.41) is 3.63. The first kappa shape index (κ1) is 11.4. The Bertz CT molecular complexity index is 666. The predicted octanol–water partition coefficient (Wildman–Crippen LogP) is 2.96. The number of thioether (sulfide) groups is 1. The number of nitrogen functional groups attached to an aromatic ring is 1. The number of rotatable bonds is 3. The molecule has 0 saturated heterocycles. The molecule has 3 heterocycles. The molecule has 3 aromatic rings. The van der Waals surface area contributed by atoms with Crippen LogP contribution in [-0.4, -0.2) is 15.0 Å². The van der Waals surface area contributed by atoms with Crippen molar-refractivity contribution in [3.63, 3.8) is 0 Å². The van der Waals surface area contributed by atoms with E-state index in [9.17, 15) is 0 Å². The number of aromatic nitrogens is 3. The maximum atomic E-state index is 5.90. The lowest BCUT2D eigenvalue weighted by Crippen LogP contribution is -1.95. The largest absolute Gasteiger partial charge is 0.383 e. The van der Waals surface area contributed by atoms with Gasteiger partial charge in [0, 0.05) is 18.1 Å². The summed E-state index contributed by atoms with van der Waals surface area (Å²) in [7, 11) is 0. The summed E-state index contributed by atoms with van der Waals surface area (Å²) in [5.74, 6) is 1.35. The van der Waals surface area contributed by atoms with Crippen LogP contribution in [0.15, 0.2) is 41.1 Å². The third kappa shape index (κ3) is 2.30. The highest BCUT2D eigenvalue weighted by molar-refractivity contribution is 7.98. The van der Waals surface area contributed by atoms with Gasteiger partial charge in [0.25, 0.3) is 0 Å². The van der Waals surface area contributed by atoms with Crippen molar-refractivity contribution in [2.24, 2.45) is 0 Å². The normalized spacial score (nSPS) is 10.9. The van der Waals surface area contributed by atoms with Gasteiger partial charge in [-0.25, -0.2) is 9.97 Å². The van der Waals surface area contributed by atoms with Gasteiger partial charge in [0.2, 0.25) is 0 Å². The Hall–Kier alpha value is -1.66. The average molecular weight is 274 g/mol. The Kier molecular flexibility index (Phi) is 3.12. The molecular formula is C12H10N4S2. The van der Waals surface area contributed by atoms with E-state index in [1.165, 1.54) is 0 Å². The van der Waals surface area contributed by atoms with E-state index >= 15 is 0 Å². The molecule has 0 bridgehead atoms. The van der Waals surface area contributed by atoms with Crippen LogP contribution in [0.3, 0.4) is 0 Å². The number of anilines is 1. The SMILES string of the molecule is Nc1nc(SCc2cccnc2)nc2sccc12. The van der Waals surface area contributed by atoms with Crippen LogP contribution in [0, 0.1) is 0 Å². The molecule has 0 radical (unpaired) electrons. The lowest BCUT2D eigenvalue weighted by molar-refractivity contribution is 1.02. The van der Waals surface area contributed by atoms with E-state index in [0.717, 1.165) is 21.5 Å². The second-order valence-corrected chi connectivity index (χ2v) is 5.52. The summed E-state index contributed by atoms with van der Waals surface area (Å²) in [6.45, 7) is 0. The van der Waals surface area contributed by atoms with Crippen molar-refractivity contribution in [2.45, 2.75) is 10.9 Å². The lowest BCUT2D eigenvalue weighted by Gasteiger charge is -2.02. The van der Waals surface area contributed by atoms with Crippen LogP contribution in [0.25, 0.3) is 10.2 Å². The van der Waals surface area contributed by atoms with Gasteiger partial charge in [0.15, 0.2) is 5.16 Å². The number of thiophene rings is 1. The lowest BCUT2D eigenvalue weighted by atomic mass is 10.3. The molecule has 0 saturated carbocycles. The number of nitrogens with zero attached hydrogens (tertiary/aromatic N) is 3. The van der Waals surface area contributed by atoms with Gasteiger partial charge in [-0.2, -0.15) is 0 Å². The third-order valence-electron chi connectivity index (χ3n) is 2.42. The van der Waals surface area contributed by atoms with Crippen LogP contribution in [0.5, 0.6) is 0 Å². The summed E-state index contributed by atoms with van der Waals surface area (Å²) < 4.78 is 0. The summed E-state index contributed by atoms with van der Waals surface area (Å²) in [6.07, 6.45) is 3.61. The van der Waals surface area contributed by atoms with Gasteiger partial charge in [0.05, 0.1) is 5.39 Å². The minimum Gasteiger partial charge on any atom is -0.383 e. The Morgan fingerprint density at radius 3 is 3.06 bits per heavy atom. The number of pyridine rings is 1. The van der Waals surface area contributed by atoms with Crippen molar-refractivity contribution in [1.29, 1.82) is 0 Å². The van der Waals surface area contributed by atoms with Gasteiger partial charge in [-0.1, -0.05) is 17.8 Å². The highest BCUT2D eigenvalue weighted by Crippen LogP contribution is 2.27. The van der Waals surface area contributed by atoms with E-state index in [0.29, 0.717) is 11.0 Å². The van der Waals surface area contributed by atoms with Gasteiger partial charge < -0.3 is 5.73 Å². The van der Waals surface area contributed by atoms with Crippen molar-refractivity contribution >= 4 is 39.1 Å². The number of fused-ring (bicyclic) bond motifs is 1. The van der Waals surface area contributed by atoms with Crippen LogP contribution in [0.2, 0.25) is 0 Å². The molecule has 6 heteroatoms. The number of hydrogen-bond acceptors (Lipinski definition) is 6. The van der Waals surface area contributed by atoms with Crippen molar-refractivity contribution in [2.75, 3.05) is 5.73 Å². The first-order valence-electron chi connectivity index (χ1n) is 5.35. The topological polar surface area (TPSA) is 64.7 Å². The van der Waals surface area contributed by atoms with E-state index in [1.54, 1.807) is 29.3 Å². The van der Waals surface area contributed by atoms with Crippen LogP contribution < -0.4 is 5.73 Å². The third-order valence-corrected chi connectivity index (χ3v) is 4.15. The molecule has 0 aromatic carbocycles. The summed E-state index contributed by atoms with van der Waals surface area (Å²) in [4.78, 5) is 13.8. The van der Waals surface area contributed by atoms with E-state index in [4.69, 9.17) is 5.73 Å². The zero-order valence-corrected chi connectivity index (χ0v) is 11.0. The summed E-state index contributed by atoms with van der Waals surface area (Å²) >= 11 is 3.15. The smallest absolute Gasteiger partial charge is 0.191 e. The highest BCUT2D eigenvalue weighted by atomic mass is 32.2.